The molecule has 0 aromatic heterocycles. The summed E-state index contributed by atoms with van der Waals surface area (Å²) in [6.45, 7) is 13.5. The molecule has 0 aliphatic carbocycles. The first-order valence-electron chi connectivity index (χ1n) is 8.44. The zero-order valence-corrected chi connectivity index (χ0v) is 14.8. The fraction of sp³-hybridized carbons (Fsp3) is 0.684. The van der Waals surface area contributed by atoms with Crippen LogP contribution in [0.3, 0.4) is 0 Å². The average molecular weight is 290 g/mol. The van der Waals surface area contributed by atoms with E-state index >= 15 is 0 Å². The summed E-state index contributed by atoms with van der Waals surface area (Å²) < 4.78 is 0. The van der Waals surface area contributed by atoms with Crippen LogP contribution in [-0.4, -0.2) is 31.1 Å². The van der Waals surface area contributed by atoms with Gasteiger partial charge in [0, 0.05) is 12.1 Å². The molecule has 0 aliphatic heterocycles. The predicted octanol–water partition coefficient (Wildman–Crippen LogP) is 4.40. The molecule has 1 aromatic carbocycles. The minimum atomic E-state index is 0.463. The molecule has 1 rings (SSSR count). The molecular weight excluding hydrogens is 256 g/mol. The predicted molar refractivity (Wildman–Crippen MR) is 93.8 cm³/mol. The van der Waals surface area contributed by atoms with E-state index in [1.54, 1.807) is 0 Å². The molecule has 2 unspecified atom stereocenters. The molecule has 0 fully saturated rings. The van der Waals surface area contributed by atoms with Gasteiger partial charge >= 0.3 is 0 Å². The quantitative estimate of drug-likeness (QED) is 0.725. The first-order chi connectivity index (χ1) is 9.95. The highest BCUT2D eigenvalue weighted by molar-refractivity contribution is 5.28. The van der Waals surface area contributed by atoms with E-state index in [1.807, 2.05) is 0 Å². The number of aryl methyl sites for hydroxylation is 1. The zero-order chi connectivity index (χ0) is 15.8. The molecule has 0 radical (unpaired) electrons. The summed E-state index contributed by atoms with van der Waals surface area (Å²) >= 11 is 0. The van der Waals surface area contributed by atoms with Crippen molar-refractivity contribution in [2.75, 3.05) is 20.1 Å². The Hall–Kier alpha value is -0.860. The second-order valence-corrected chi connectivity index (χ2v) is 6.71. The van der Waals surface area contributed by atoms with Gasteiger partial charge in [0.15, 0.2) is 0 Å². The summed E-state index contributed by atoms with van der Waals surface area (Å²) in [5, 5.41) is 3.65. The van der Waals surface area contributed by atoms with Crippen molar-refractivity contribution in [1.29, 1.82) is 0 Å². The molecule has 1 N–H and O–H groups in total. The maximum absolute atomic E-state index is 3.65. The lowest BCUT2D eigenvalue weighted by Gasteiger charge is -2.29. The first-order valence-corrected chi connectivity index (χ1v) is 8.44. The fourth-order valence-electron chi connectivity index (χ4n) is 3.01. The highest BCUT2D eigenvalue weighted by Crippen LogP contribution is 2.21. The number of nitrogens with one attached hydrogen (secondary N) is 1. The number of hydrogen-bond acceptors (Lipinski definition) is 2. The summed E-state index contributed by atoms with van der Waals surface area (Å²) in [4.78, 5) is 2.50. The Labute approximate surface area is 131 Å². The Morgan fingerprint density at radius 2 is 1.81 bits per heavy atom. The van der Waals surface area contributed by atoms with Crippen molar-refractivity contribution in [2.45, 2.75) is 59.5 Å². The van der Waals surface area contributed by atoms with E-state index in [0.717, 1.165) is 25.4 Å². The van der Waals surface area contributed by atoms with Crippen LogP contribution in [0, 0.1) is 12.8 Å². The molecule has 0 spiro atoms. The molecule has 1 aromatic rings. The summed E-state index contributed by atoms with van der Waals surface area (Å²) in [7, 11) is 2.26. The first kappa shape index (κ1) is 18.2. The van der Waals surface area contributed by atoms with Gasteiger partial charge in [-0.3, -0.25) is 0 Å². The van der Waals surface area contributed by atoms with Crippen molar-refractivity contribution >= 4 is 0 Å². The minimum absolute atomic E-state index is 0.463. The van der Waals surface area contributed by atoms with Gasteiger partial charge in [-0.15, -0.1) is 0 Å². The second kappa shape index (κ2) is 9.22. The van der Waals surface area contributed by atoms with E-state index in [-0.39, 0.29) is 0 Å². The molecule has 0 saturated carbocycles. The molecular formula is C19H34N2. The smallest absolute Gasteiger partial charge is 0.0334 e. The van der Waals surface area contributed by atoms with Gasteiger partial charge in [-0.25, -0.2) is 0 Å². The van der Waals surface area contributed by atoms with Crippen molar-refractivity contribution in [3.8, 4) is 0 Å². The highest BCUT2D eigenvalue weighted by atomic mass is 15.1. The summed E-state index contributed by atoms with van der Waals surface area (Å²) in [5.41, 5.74) is 2.84. The Morgan fingerprint density at radius 1 is 1.14 bits per heavy atom. The number of nitrogens with zero attached hydrogens (tertiary/aromatic N) is 1. The molecule has 0 amide bonds. The Morgan fingerprint density at radius 3 is 2.38 bits per heavy atom. The number of hydrogen-bond donors (Lipinski definition) is 1. The monoisotopic (exact) mass is 290 g/mol. The van der Waals surface area contributed by atoms with Crippen molar-refractivity contribution in [3.63, 3.8) is 0 Å². The molecule has 0 heterocycles. The molecule has 2 atom stereocenters. The molecule has 2 nitrogen and oxygen atoms in total. The van der Waals surface area contributed by atoms with Crippen molar-refractivity contribution < 1.29 is 0 Å². The lowest BCUT2D eigenvalue weighted by Crippen LogP contribution is -2.33. The average Bonchev–Trinajstić information content (AvgIpc) is 2.43. The van der Waals surface area contributed by atoms with E-state index in [2.05, 4.69) is 76.1 Å². The molecule has 0 saturated heterocycles. The minimum Gasteiger partial charge on any atom is -0.310 e. The summed E-state index contributed by atoms with van der Waals surface area (Å²) in [5.74, 6) is 0.767. The fourth-order valence-corrected chi connectivity index (χ4v) is 3.01. The van der Waals surface area contributed by atoms with Gasteiger partial charge in [-0.05, 0) is 63.9 Å². The molecule has 21 heavy (non-hydrogen) atoms. The Kier molecular flexibility index (Phi) is 7.98. The van der Waals surface area contributed by atoms with E-state index in [0.29, 0.717) is 12.1 Å². The van der Waals surface area contributed by atoms with Crippen LogP contribution in [0.15, 0.2) is 24.3 Å². The Balaban J connectivity index is 2.61. The number of benzene rings is 1. The maximum Gasteiger partial charge on any atom is 0.0334 e. The van der Waals surface area contributed by atoms with Gasteiger partial charge < -0.3 is 10.2 Å². The van der Waals surface area contributed by atoms with E-state index in [4.69, 9.17) is 0 Å². The van der Waals surface area contributed by atoms with Crippen molar-refractivity contribution in [1.82, 2.24) is 10.2 Å². The van der Waals surface area contributed by atoms with Crippen LogP contribution in [0.1, 0.15) is 57.7 Å². The normalized spacial score (nSPS) is 14.7. The third-order valence-corrected chi connectivity index (χ3v) is 4.35. The van der Waals surface area contributed by atoms with Crippen LogP contribution in [0.2, 0.25) is 0 Å². The van der Waals surface area contributed by atoms with E-state index in [9.17, 15) is 0 Å². The summed E-state index contributed by atoms with van der Waals surface area (Å²) in [6, 6.07) is 9.87. The van der Waals surface area contributed by atoms with Crippen LogP contribution in [0.4, 0.5) is 0 Å². The lowest BCUT2D eigenvalue weighted by molar-refractivity contribution is 0.217. The van der Waals surface area contributed by atoms with Crippen LogP contribution >= 0.6 is 0 Å². The highest BCUT2D eigenvalue weighted by Gasteiger charge is 2.16. The topological polar surface area (TPSA) is 15.3 Å². The second-order valence-electron chi connectivity index (χ2n) is 6.71. The van der Waals surface area contributed by atoms with Crippen LogP contribution in [0.5, 0.6) is 0 Å². The van der Waals surface area contributed by atoms with E-state index < -0.39 is 0 Å². The van der Waals surface area contributed by atoms with Gasteiger partial charge in [0.2, 0.25) is 0 Å². The third-order valence-electron chi connectivity index (χ3n) is 4.35. The van der Waals surface area contributed by atoms with Gasteiger partial charge in [0.05, 0.1) is 0 Å². The van der Waals surface area contributed by atoms with Crippen LogP contribution in [-0.2, 0) is 0 Å². The standard InChI is InChI=1S/C19H34N2/c1-7-20-19(18-11-9-8-10-16(18)4)12-13-21(6)17(5)14-15(2)3/h8-11,15,17,19-20H,7,12-14H2,1-6H3. The van der Waals surface area contributed by atoms with Crippen LogP contribution in [0.25, 0.3) is 0 Å². The summed E-state index contributed by atoms with van der Waals surface area (Å²) in [6.07, 6.45) is 2.43. The molecule has 2 heteroatoms. The van der Waals surface area contributed by atoms with Crippen LogP contribution < -0.4 is 5.32 Å². The van der Waals surface area contributed by atoms with Crippen molar-refractivity contribution in [3.05, 3.63) is 35.4 Å². The molecule has 120 valence electrons. The van der Waals surface area contributed by atoms with Gasteiger partial charge in [-0.1, -0.05) is 45.0 Å². The third kappa shape index (κ3) is 6.19. The molecule has 0 aliphatic rings. The SMILES string of the molecule is CCNC(CCN(C)C(C)CC(C)C)c1ccccc1C. The van der Waals surface area contributed by atoms with Gasteiger partial charge in [0.1, 0.15) is 0 Å². The van der Waals surface area contributed by atoms with Crippen molar-refractivity contribution in [2.24, 2.45) is 5.92 Å². The Bertz CT molecular complexity index is 400. The largest absolute Gasteiger partial charge is 0.310 e. The maximum atomic E-state index is 3.65. The van der Waals surface area contributed by atoms with Gasteiger partial charge in [0.25, 0.3) is 0 Å². The van der Waals surface area contributed by atoms with Gasteiger partial charge in [-0.2, -0.15) is 0 Å². The zero-order valence-electron chi connectivity index (χ0n) is 14.8. The molecule has 0 bridgehead atoms. The number of rotatable bonds is 9. The lowest BCUT2D eigenvalue weighted by atomic mass is 9.98. The van der Waals surface area contributed by atoms with E-state index in [1.165, 1.54) is 17.5 Å².